The number of fused-ring (bicyclic) bond motifs is 2. The highest BCUT2D eigenvalue weighted by molar-refractivity contribution is 5.71. The predicted octanol–water partition coefficient (Wildman–Crippen LogP) is 1.87. The molecule has 0 amide bonds. The van der Waals surface area contributed by atoms with Gasteiger partial charge in [0, 0.05) is 6.54 Å². The normalized spacial score (nSPS) is 26.4. The van der Waals surface area contributed by atoms with Gasteiger partial charge in [0.05, 0.1) is 38.2 Å². The Kier molecular flexibility index (Phi) is 4.32. The van der Waals surface area contributed by atoms with Crippen LogP contribution in [0.1, 0.15) is 35.4 Å². The molecule has 1 aliphatic carbocycles. The first-order valence-electron chi connectivity index (χ1n) is 9.86. The zero-order chi connectivity index (χ0) is 16.6. The topological polar surface area (TPSA) is 43.0 Å². The number of nitrogens with zero attached hydrogens (tertiary/aromatic N) is 1. The molecule has 0 unspecified atom stereocenters. The second-order valence-corrected chi connectivity index (χ2v) is 7.66. The summed E-state index contributed by atoms with van der Waals surface area (Å²) in [6.07, 6.45) is 5.09. The summed E-state index contributed by atoms with van der Waals surface area (Å²) < 4.78 is 17.7. The molecule has 136 valence electrons. The Labute approximate surface area is 149 Å². The van der Waals surface area contributed by atoms with E-state index in [2.05, 4.69) is 16.3 Å². The highest BCUT2D eigenvalue weighted by atomic mass is 16.6. The van der Waals surface area contributed by atoms with Crippen LogP contribution in [0.15, 0.2) is 6.07 Å². The minimum absolute atomic E-state index is 0.173. The molecule has 25 heavy (non-hydrogen) atoms. The molecule has 1 saturated heterocycles. The monoisotopic (exact) mass is 344 g/mol. The molecule has 1 N–H and O–H groups in total. The smallest absolute Gasteiger partial charge is 0.143 e. The molecule has 1 aromatic rings. The Bertz CT molecular complexity index is 638. The summed E-state index contributed by atoms with van der Waals surface area (Å²) in [6, 6.07) is 2.33. The van der Waals surface area contributed by atoms with E-state index in [1.54, 1.807) is 11.1 Å². The second-order valence-electron chi connectivity index (χ2n) is 7.66. The average Bonchev–Trinajstić information content (AvgIpc) is 3.48. The van der Waals surface area contributed by atoms with Crippen molar-refractivity contribution < 1.29 is 14.2 Å². The number of ether oxygens (including phenoxy) is 3. The van der Waals surface area contributed by atoms with Crippen LogP contribution < -0.4 is 15.0 Å². The molecule has 1 saturated carbocycles. The van der Waals surface area contributed by atoms with Gasteiger partial charge in [-0.3, -0.25) is 0 Å². The third-order valence-electron chi connectivity index (χ3n) is 5.86. The van der Waals surface area contributed by atoms with Gasteiger partial charge in [-0.15, -0.1) is 0 Å². The van der Waals surface area contributed by atoms with Gasteiger partial charge >= 0.3 is 0 Å². The minimum Gasteiger partial charge on any atom is -0.490 e. The number of nitrogens with one attached hydrogen (secondary N) is 1. The summed E-state index contributed by atoms with van der Waals surface area (Å²) >= 11 is 0. The summed E-state index contributed by atoms with van der Waals surface area (Å²) in [5, 5.41) is 3.56. The summed E-state index contributed by atoms with van der Waals surface area (Å²) in [4.78, 5) is 2.52. The maximum atomic E-state index is 6.13. The molecular formula is C20H28N2O3. The van der Waals surface area contributed by atoms with Crippen molar-refractivity contribution in [3.05, 3.63) is 22.8 Å². The van der Waals surface area contributed by atoms with Gasteiger partial charge in [0.25, 0.3) is 0 Å². The highest BCUT2D eigenvalue weighted by Gasteiger charge is 2.36. The number of anilines is 1. The van der Waals surface area contributed by atoms with E-state index in [-0.39, 0.29) is 6.10 Å². The lowest BCUT2D eigenvalue weighted by atomic mass is 9.91. The zero-order valence-corrected chi connectivity index (χ0v) is 14.9. The third-order valence-corrected chi connectivity index (χ3v) is 5.86. The van der Waals surface area contributed by atoms with Crippen molar-refractivity contribution in [1.29, 1.82) is 0 Å². The molecule has 0 bridgehead atoms. The lowest BCUT2D eigenvalue weighted by molar-refractivity contribution is -0.0842. The van der Waals surface area contributed by atoms with Crippen molar-refractivity contribution in [2.45, 2.75) is 37.7 Å². The molecule has 5 nitrogen and oxygen atoms in total. The van der Waals surface area contributed by atoms with E-state index in [9.17, 15) is 0 Å². The van der Waals surface area contributed by atoms with Crippen LogP contribution in [0, 0.1) is 0 Å². The Morgan fingerprint density at radius 1 is 1.12 bits per heavy atom. The largest absolute Gasteiger partial charge is 0.490 e. The van der Waals surface area contributed by atoms with Crippen LogP contribution in [0.4, 0.5) is 5.69 Å². The first-order valence-corrected chi connectivity index (χ1v) is 9.86. The van der Waals surface area contributed by atoms with E-state index in [1.165, 1.54) is 24.1 Å². The van der Waals surface area contributed by atoms with Gasteiger partial charge in [-0.1, -0.05) is 0 Å². The lowest BCUT2D eigenvalue weighted by Gasteiger charge is -2.37. The van der Waals surface area contributed by atoms with Crippen LogP contribution in [0.2, 0.25) is 0 Å². The number of hydrogen-bond acceptors (Lipinski definition) is 5. The molecule has 2 fully saturated rings. The molecule has 3 aliphatic heterocycles. The van der Waals surface area contributed by atoms with Crippen molar-refractivity contribution in [3.63, 3.8) is 0 Å². The molecule has 0 aromatic heterocycles. The zero-order valence-electron chi connectivity index (χ0n) is 14.9. The summed E-state index contributed by atoms with van der Waals surface area (Å²) in [6.45, 7) is 6.94. The molecule has 1 atom stereocenters. The van der Waals surface area contributed by atoms with E-state index in [4.69, 9.17) is 14.2 Å². The minimum atomic E-state index is 0.173. The molecule has 1 aromatic carbocycles. The van der Waals surface area contributed by atoms with Gasteiger partial charge in [-0.25, -0.2) is 0 Å². The van der Waals surface area contributed by atoms with Crippen molar-refractivity contribution in [2.24, 2.45) is 0 Å². The molecule has 4 aliphatic rings. The molecule has 3 heterocycles. The number of hydrogen-bond donors (Lipinski definition) is 1. The van der Waals surface area contributed by atoms with Crippen LogP contribution >= 0.6 is 0 Å². The molecule has 0 radical (unpaired) electrons. The van der Waals surface area contributed by atoms with Gasteiger partial charge < -0.3 is 24.4 Å². The fraction of sp³-hybridized carbons (Fsp3) is 0.700. The third kappa shape index (κ3) is 3.14. The van der Waals surface area contributed by atoms with Gasteiger partial charge in [-0.05, 0) is 67.4 Å². The molecular weight excluding hydrogens is 316 g/mol. The van der Waals surface area contributed by atoms with Gasteiger partial charge in [0.15, 0.2) is 0 Å². The maximum Gasteiger partial charge on any atom is 0.143 e. The molecule has 0 spiro atoms. The summed E-state index contributed by atoms with van der Waals surface area (Å²) in [7, 11) is 0. The van der Waals surface area contributed by atoms with Crippen LogP contribution in [-0.2, 0) is 22.3 Å². The lowest BCUT2D eigenvalue weighted by Crippen LogP contribution is -2.43. The van der Waals surface area contributed by atoms with E-state index < -0.39 is 0 Å². The van der Waals surface area contributed by atoms with Gasteiger partial charge in [-0.2, -0.15) is 0 Å². The summed E-state index contributed by atoms with van der Waals surface area (Å²) in [5.74, 6) is 1.83. The van der Waals surface area contributed by atoms with E-state index in [1.807, 2.05) is 0 Å². The van der Waals surface area contributed by atoms with Crippen molar-refractivity contribution in [3.8, 4) is 5.75 Å². The quantitative estimate of drug-likeness (QED) is 0.907. The van der Waals surface area contributed by atoms with Crippen molar-refractivity contribution in [1.82, 2.24) is 5.32 Å². The summed E-state index contributed by atoms with van der Waals surface area (Å²) in [5.41, 5.74) is 6.06. The standard InChI is InChI=1S/C20H28N2O3/c1-2-14(1)19-17-4-6-21-5-3-15(17)11-18-20(19)22(7-8-25-18)12-16-13-23-9-10-24-16/h11,14,16,21H,1-10,12-13H2/t16-/m1/s1. The van der Waals surface area contributed by atoms with Crippen LogP contribution in [0.25, 0.3) is 0 Å². The fourth-order valence-corrected chi connectivity index (χ4v) is 4.54. The SMILES string of the molecule is c1c2c(c(C3CC3)c3c1OCCN3C[C@@H]1COCCO1)CCNCC2. The van der Waals surface area contributed by atoms with E-state index >= 15 is 0 Å². The Morgan fingerprint density at radius 2 is 2.04 bits per heavy atom. The Balaban J connectivity index is 1.53. The van der Waals surface area contributed by atoms with Crippen molar-refractivity contribution >= 4 is 5.69 Å². The molecule has 5 rings (SSSR count). The average molecular weight is 344 g/mol. The Morgan fingerprint density at radius 3 is 2.88 bits per heavy atom. The number of benzene rings is 1. The van der Waals surface area contributed by atoms with Crippen LogP contribution in [0.3, 0.4) is 0 Å². The number of rotatable bonds is 3. The second kappa shape index (κ2) is 6.78. The fourth-order valence-electron chi connectivity index (χ4n) is 4.54. The highest BCUT2D eigenvalue weighted by Crippen LogP contribution is 2.51. The van der Waals surface area contributed by atoms with Gasteiger partial charge in [0.2, 0.25) is 0 Å². The van der Waals surface area contributed by atoms with Crippen LogP contribution in [-0.4, -0.2) is 58.7 Å². The Hall–Kier alpha value is -1.30. The van der Waals surface area contributed by atoms with Crippen LogP contribution in [0.5, 0.6) is 5.75 Å². The van der Waals surface area contributed by atoms with Crippen molar-refractivity contribution in [2.75, 3.05) is 57.5 Å². The predicted molar refractivity (Wildman–Crippen MR) is 97.0 cm³/mol. The first-order chi connectivity index (χ1) is 12.4. The molecule has 5 heteroatoms. The van der Waals surface area contributed by atoms with E-state index in [0.29, 0.717) is 13.2 Å². The van der Waals surface area contributed by atoms with Gasteiger partial charge in [0.1, 0.15) is 12.4 Å². The first kappa shape index (κ1) is 15.9. The van der Waals surface area contributed by atoms with E-state index in [0.717, 1.165) is 63.9 Å². The maximum absolute atomic E-state index is 6.13.